The fraction of sp³-hybridized carbons (Fsp3) is 0.190. The second-order valence-electron chi connectivity index (χ2n) is 5.73. The zero-order valence-electron chi connectivity index (χ0n) is 14.9. The highest BCUT2D eigenvalue weighted by Gasteiger charge is 2.10. The number of aromatic nitrogens is 1. The summed E-state index contributed by atoms with van der Waals surface area (Å²) in [6.45, 7) is 1.49. The number of ether oxygens (including phenoxy) is 2. The highest BCUT2D eigenvalue weighted by molar-refractivity contribution is 5.95. The van der Waals surface area contributed by atoms with E-state index in [4.69, 9.17) is 13.9 Å². The van der Waals surface area contributed by atoms with Gasteiger partial charge in [0.25, 0.3) is 0 Å². The van der Waals surface area contributed by atoms with E-state index in [9.17, 15) is 9.59 Å². The average molecular weight is 365 g/mol. The molecule has 0 radical (unpaired) electrons. The van der Waals surface area contributed by atoms with Crippen LogP contribution in [-0.4, -0.2) is 23.3 Å². The van der Waals surface area contributed by atoms with Gasteiger partial charge in [-0.1, -0.05) is 37.3 Å². The van der Waals surface area contributed by atoms with Crippen molar-refractivity contribution in [3.8, 4) is 17.1 Å². The predicted molar refractivity (Wildman–Crippen MR) is 98.3 cm³/mol. The van der Waals surface area contributed by atoms with Crippen molar-refractivity contribution in [2.24, 2.45) is 0 Å². The average Bonchev–Trinajstić information content (AvgIpc) is 3.20. The molecule has 0 amide bonds. The fourth-order valence-corrected chi connectivity index (χ4v) is 2.38. The molecule has 0 saturated carbocycles. The van der Waals surface area contributed by atoms with Crippen LogP contribution in [0.4, 0.5) is 0 Å². The largest absolute Gasteiger partial charge is 0.482 e. The van der Waals surface area contributed by atoms with Crippen LogP contribution < -0.4 is 4.74 Å². The van der Waals surface area contributed by atoms with Gasteiger partial charge < -0.3 is 13.9 Å². The molecule has 2 aromatic carbocycles. The van der Waals surface area contributed by atoms with Crippen LogP contribution in [-0.2, 0) is 16.1 Å². The Labute approximate surface area is 156 Å². The molecule has 0 atom stereocenters. The van der Waals surface area contributed by atoms with Crippen LogP contribution in [0.15, 0.2) is 65.2 Å². The molecule has 6 heteroatoms. The van der Waals surface area contributed by atoms with E-state index in [-0.39, 0.29) is 19.0 Å². The quantitative estimate of drug-likeness (QED) is 0.442. The monoisotopic (exact) mass is 365 g/mol. The number of Topliss-reactive ketones (excluding diaryl/α,β-unsaturated/α-hetero) is 1. The van der Waals surface area contributed by atoms with Gasteiger partial charge in [0, 0.05) is 17.5 Å². The van der Waals surface area contributed by atoms with E-state index in [1.54, 1.807) is 37.4 Å². The van der Waals surface area contributed by atoms with Gasteiger partial charge in [-0.2, -0.15) is 0 Å². The predicted octanol–water partition coefficient (Wildman–Crippen LogP) is 4.06. The highest BCUT2D eigenvalue weighted by Crippen LogP contribution is 2.20. The number of esters is 1. The maximum Gasteiger partial charge on any atom is 0.344 e. The molecule has 0 bridgehead atoms. The van der Waals surface area contributed by atoms with Gasteiger partial charge in [-0.3, -0.25) is 4.79 Å². The first-order valence-corrected chi connectivity index (χ1v) is 8.57. The number of carbonyl (C=O) groups is 2. The SMILES string of the molecule is CCC(=O)c1ccc(OCC(=O)OCc2ncc(-c3ccccc3)o2)cc1. The van der Waals surface area contributed by atoms with Crippen LogP contribution in [0.1, 0.15) is 29.6 Å². The lowest BCUT2D eigenvalue weighted by molar-refractivity contribution is -0.148. The molecule has 0 unspecified atom stereocenters. The van der Waals surface area contributed by atoms with Crippen LogP contribution in [0.3, 0.4) is 0 Å². The molecule has 1 heterocycles. The Morgan fingerprint density at radius 1 is 1.04 bits per heavy atom. The normalized spacial score (nSPS) is 10.4. The van der Waals surface area contributed by atoms with E-state index in [0.717, 1.165) is 5.56 Å². The second-order valence-corrected chi connectivity index (χ2v) is 5.73. The van der Waals surface area contributed by atoms with Gasteiger partial charge in [0.2, 0.25) is 5.89 Å². The van der Waals surface area contributed by atoms with Crippen molar-refractivity contribution in [1.82, 2.24) is 4.98 Å². The number of nitrogens with zero attached hydrogens (tertiary/aromatic N) is 1. The summed E-state index contributed by atoms with van der Waals surface area (Å²) in [7, 11) is 0. The zero-order valence-corrected chi connectivity index (χ0v) is 14.9. The zero-order chi connectivity index (χ0) is 19.1. The molecule has 0 spiro atoms. The molecule has 0 aliphatic rings. The minimum atomic E-state index is -0.539. The number of carbonyl (C=O) groups excluding carboxylic acids is 2. The van der Waals surface area contributed by atoms with Crippen molar-refractivity contribution in [2.45, 2.75) is 20.0 Å². The van der Waals surface area contributed by atoms with Gasteiger partial charge in [0.1, 0.15) is 5.75 Å². The number of oxazole rings is 1. The maximum atomic E-state index is 11.8. The van der Waals surface area contributed by atoms with Gasteiger partial charge in [0.15, 0.2) is 24.8 Å². The van der Waals surface area contributed by atoms with Gasteiger partial charge in [0.05, 0.1) is 6.20 Å². The molecule has 0 aliphatic heterocycles. The molecule has 27 heavy (non-hydrogen) atoms. The molecule has 3 rings (SSSR count). The number of benzene rings is 2. The lowest BCUT2D eigenvalue weighted by atomic mass is 10.1. The minimum Gasteiger partial charge on any atom is -0.482 e. The van der Waals surface area contributed by atoms with E-state index in [1.165, 1.54) is 0 Å². The molecule has 6 nitrogen and oxygen atoms in total. The van der Waals surface area contributed by atoms with Gasteiger partial charge in [-0.05, 0) is 24.3 Å². The van der Waals surface area contributed by atoms with Crippen LogP contribution in [0.2, 0.25) is 0 Å². The van der Waals surface area contributed by atoms with Gasteiger partial charge >= 0.3 is 5.97 Å². The Hall–Kier alpha value is -3.41. The van der Waals surface area contributed by atoms with Gasteiger partial charge in [-0.15, -0.1) is 0 Å². The first kappa shape index (κ1) is 18.4. The van der Waals surface area contributed by atoms with Crippen LogP contribution in [0, 0.1) is 0 Å². The summed E-state index contributed by atoms with van der Waals surface area (Å²) in [4.78, 5) is 27.5. The molecule has 138 valence electrons. The Bertz CT molecular complexity index is 900. The Kier molecular flexibility index (Phi) is 5.99. The van der Waals surface area contributed by atoms with E-state index in [0.29, 0.717) is 29.4 Å². The Morgan fingerprint density at radius 2 is 1.78 bits per heavy atom. The molecule has 0 saturated heterocycles. The lowest BCUT2D eigenvalue weighted by Crippen LogP contribution is -2.14. The van der Waals surface area contributed by atoms with Crippen LogP contribution in [0.5, 0.6) is 5.75 Å². The molecular weight excluding hydrogens is 346 g/mol. The molecule has 0 N–H and O–H groups in total. The van der Waals surface area contributed by atoms with Crippen LogP contribution >= 0.6 is 0 Å². The van der Waals surface area contributed by atoms with E-state index in [2.05, 4.69) is 4.98 Å². The Balaban J connectivity index is 1.46. The molecule has 0 fully saturated rings. The number of hydrogen-bond acceptors (Lipinski definition) is 6. The number of hydrogen-bond donors (Lipinski definition) is 0. The minimum absolute atomic E-state index is 0.0572. The van der Waals surface area contributed by atoms with Crippen molar-refractivity contribution >= 4 is 11.8 Å². The van der Waals surface area contributed by atoms with E-state index >= 15 is 0 Å². The fourth-order valence-electron chi connectivity index (χ4n) is 2.38. The van der Waals surface area contributed by atoms with Crippen molar-refractivity contribution < 1.29 is 23.5 Å². The first-order valence-electron chi connectivity index (χ1n) is 8.57. The van der Waals surface area contributed by atoms with E-state index in [1.807, 2.05) is 30.3 Å². The molecular formula is C21H19NO5. The Morgan fingerprint density at radius 3 is 2.48 bits per heavy atom. The summed E-state index contributed by atoms with van der Waals surface area (Å²) in [6.07, 6.45) is 2.04. The summed E-state index contributed by atoms with van der Waals surface area (Å²) in [5.41, 5.74) is 1.52. The van der Waals surface area contributed by atoms with Crippen LogP contribution in [0.25, 0.3) is 11.3 Å². The smallest absolute Gasteiger partial charge is 0.344 e. The molecule has 1 aromatic heterocycles. The summed E-state index contributed by atoms with van der Waals surface area (Å²) in [5.74, 6) is 0.927. The molecule has 3 aromatic rings. The third kappa shape index (κ3) is 5.04. The van der Waals surface area contributed by atoms with Crippen molar-refractivity contribution in [3.63, 3.8) is 0 Å². The summed E-state index contributed by atoms with van der Waals surface area (Å²) >= 11 is 0. The summed E-state index contributed by atoms with van der Waals surface area (Å²) in [5, 5.41) is 0. The lowest BCUT2D eigenvalue weighted by Gasteiger charge is -2.06. The number of ketones is 1. The third-order valence-electron chi connectivity index (χ3n) is 3.82. The van der Waals surface area contributed by atoms with Crippen molar-refractivity contribution in [3.05, 3.63) is 72.2 Å². The summed E-state index contributed by atoms with van der Waals surface area (Å²) < 4.78 is 16.0. The van der Waals surface area contributed by atoms with Crippen molar-refractivity contribution in [2.75, 3.05) is 6.61 Å². The maximum absolute atomic E-state index is 11.8. The van der Waals surface area contributed by atoms with Crippen molar-refractivity contribution in [1.29, 1.82) is 0 Å². The standard InChI is InChI=1S/C21H19NO5/c1-2-18(23)15-8-10-17(11-9-15)25-14-21(24)26-13-20-22-12-19(27-20)16-6-4-3-5-7-16/h3-12H,2,13-14H2,1H3. The molecule has 0 aliphatic carbocycles. The second kappa shape index (κ2) is 8.80. The topological polar surface area (TPSA) is 78.6 Å². The van der Waals surface area contributed by atoms with Gasteiger partial charge in [-0.25, -0.2) is 9.78 Å². The van der Waals surface area contributed by atoms with E-state index < -0.39 is 5.97 Å². The third-order valence-corrected chi connectivity index (χ3v) is 3.82. The highest BCUT2D eigenvalue weighted by atomic mass is 16.6. The first-order chi connectivity index (χ1) is 13.2. The summed E-state index contributed by atoms with van der Waals surface area (Å²) in [6, 6.07) is 16.2. The number of rotatable bonds is 8.